The highest BCUT2D eigenvalue weighted by Gasteiger charge is 2.22. The van der Waals surface area contributed by atoms with Crippen LogP contribution in [0.2, 0.25) is 4.34 Å². The van der Waals surface area contributed by atoms with Gasteiger partial charge >= 0.3 is 0 Å². The van der Waals surface area contributed by atoms with Crippen molar-refractivity contribution in [1.29, 1.82) is 0 Å². The lowest BCUT2D eigenvalue weighted by molar-refractivity contribution is 0.214. The Labute approximate surface area is 123 Å². The van der Waals surface area contributed by atoms with E-state index in [0.29, 0.717) is 0 Å². The number of nitrogens with two attached hydrogens (primary N) is 1. The van der Waals surface area contributed by atoms with Crippen LogP contribution in [0.3, 0.4) is 0 Å². The van der Waals surface area contributed by atoms with Crippen LogP contribution in [0.4, 0.5) is 0 Å². The first-order valence-electron chi connectivity index (χ1n) is 6.18. The second-order valence-corrected chi connectivity index (χ2v) is 6.47. The van der Waals surface area contributed by atoms with Gasteiger partial charge in [-0.25, -0.2) is 0 Å². The highest BCUT2D eigenvalue weighted by Crippen LogP contribution is 2.32. The predicted octanol–water partition coefficient (Wildman–Crippen LogP) is 3.32. The van der Waals surface area contributed by atoms with Crippen molar-refractivity contribution in [3.63, 3.8) is 0 Å². The Kier molecular flexibility index (Phi) is 4.93. The maximum Gasteiger partial charge on any atom is 0.0931 e. The van der Waals surface area contributed by atoms with E-state index in [1.807, 2.05) is 25.3 Å². The van der Waals surface area contributed by atoms with Gasteiger partial charge in [0, 0.05) is 29.9 Å². The molecule has 2 rings (SSSR count). The van der Waals surface area contributed by atoms with Crippen molar-refractivity contribution in [2.24, 2.45) is 5.73 Å². The molecular weight excluding hydrogens is 278 g/mol. The van der Waals surface area contributed by atoms with Crippen molar-refractivity contribution < 1.29 is 0 Å². The summed E-state index contributed by atoms with van der Waals surface area (Å²) < 4.78 is 0.801. The van der Waals surface area contributed by atoms with E-state index in [0.717, 1.165) is 10.9 Å². The van der Waals surface area contributed by atoms with Crippen LogP contribution < -0.4 is 5.73 Å². The lowest BCUT2D eigenvalue weighted by Crippen LogP contribution is -2.36. The van der Waals surface area contributed by atoms with E-state index in [2.05, 4.69) is 29.1 Å². The number of nitrogens with zero attached hydrogens (tertiary/aromatic N) is 2. The third-order valence-corrected chi connectivity index (χ3v) is 4.31. The zero-order valence-electron chi connectivity index (χ0n) is 11.1. The van der Waals surface area contributed by atoms with Crippen LogP contribution in [0.25, 0.3) is 0 Å². The molecule has 0 radical (unpaired) electrons. The van der Waals surface area contributed by atoms with E-state index < -0.39 is 0 Å². The molecule has 0 aliphatic heterocycles. The van der Waals surface area contributed by atoms with Crippen LogP contribution in [0.5, 0.6) is 0 Å². The minimum Gasteiger partial charge on any atom is -0.326 e. The van der Waals surface area contributed by atoms with E-state index in [1.165, 1.54) is 10.4 Å². The molecule has 0 saturated heterocycles. The molecule has 2 aromatic heterocycles. The van der Waals surface area contributed by atoms with Gasteiger partial charge in [-0.15, -0.1) is 11.3 Å². The maximum atomic E-state index is 6.14. The number of likely N-dealkylation sites (N-methyl/N-ethyl adjacent to an activating group) is 1. The fourth-order valence-corrected chi connectivity index (χ4v) is 3.59. The van der Waals surface area contributed by atoms with Crippen molar-refractivity contribution in [3.05, 3.63) is 51.4 Å². The summed E-state index contributed by atoms with van der Waals surface area (Å²) in [4.78, 5) is 7.58. The molecule has 0 saturated carbocycles. The molecular formula is C14H18ClN3S. The largest absolute Gasteiger partial charge is 0.326 e. The average Bonchev–Trinajstić information content (AvgIpc) is 2.76. The first-order valence-corrected chi connectivity index (χ1v) is 7.37. The van der Waals surface area contributed by atoms with Gasteiger partial charge in [-0.2, -0.15) is 0 Å². The lowest BCUT2D eigenvalue weighted by Gasteiger charge is -2.30. The average molecular weight is 296 g/mol. The van der Waals surface area contributed by atoms with Crippen molar-refractivity contribution in [2.45, 2.75) is 25.6 Å². The third-order valence-electron chi connectivity index (χ3n) is 3.01. The second kappa shape index (κ2) is 6.48. The predicted molar refractivity (Wildman–Crippen MR) is 81.4 cm³/mol. The molecule has 2 atom stereocenters. The Morgan fingerprint density at radius 2 is 2.21 bits per heavy atom. The lowest BCUT2D eigenvalue weighted by atomic mass is 10.1. The van der Waals surface area contributed by atoms with Crippen LogP contribution in [0, 0.1) is 0 Å². The molecule has 0 aromatic carbocycles. The van der Waals surface area contributed by atoms with E-state index in [9.17, 15) is 0 Å². The molecule has 0 aliphatic carbocycles. The molecule has 2 aromatic rings. The van der Waals surface area contributed by atoms with Gasteiger partial charge in [0.2, 0.25) is 0 Å². The van der Waals surface area contributed by atoms with Crippen molar-refractivity contribution in [1.82, 2.24) is 9.88 Å². The number of hydrogen-bond acceptors (Lipinski definition) is 4. The van der Waals surface area contributed by atoms with Crippen LogP contribution in [-0.2, 0) is 6.54 Å². The van der Waals surface area contributed by atoms with Gasteiger partial charge < -0.3 is 5.73 Å². The summed E-state index contributed by atoms with van der Waals surface area (Å²) in [6.45, 7) is 2.84. The summed E-state index contributed by atoms with van der Waals surface area (Å²) in [5.74, 6) is 0. The molecule has 0 aliphatic rings. The van der Waals surface area contributed by atoms with Gasteiger partial charge in [0.25, 0.3) is 0 Å². The molecule has 0 spiro atoms. The standard InChI is InChI=1S/C14H18ClN3S/c1-10(16)14(12-5-6-13(15)19-12)18(2)9-11-4-3-7-17-8-11/h3-8,10,14H,9,16H2,1-2H3. The fourth-order valence-electron chi connectivity index (χ4n) is 2.24. The SMILES string of the molecule is CC(N)C(c1ccc(Cl)s1)N(C)Cc1cccnc1. The van der Waals surface area contributed by atoms with E-state index >= 15 is 0 Å². The Balaban J connectivity index is 2.15. The Bertz CT molecular complexity index is 512. The summed E-state index contributed by atoms with van der Waals surface area (Å²) >= 11 is 7.61. The number of aromatic nitrogens is 1. The van der Waals surface area contributed by atoms with Gasteiger partial charge in [0.15, 0.2) is 0 Å². The number of pyridine rings is 1. The zero-order chi connectivity index (χ0) is 13.8. The number of hydrogen-bond donors (Lipinski definition) is 1. The van der Waals surface area contributed by atoms with Gasteiger partial charge in [-0.1, -0.05) is 17.7 Å². The smallest absolute Gasteiger partial charge is 0.0931 e. The highest BCUT2D eigenvalue weighted by atomic mass is 35.5. The Morgan fingerprint density at radius 1 is 1.42 bits per heavy atom. The zero-order valence-corrected chi connectivity index (χ0v) is 12.7. The number of rotatable bonds is 5. The van der Waals surface area contributed by atoms with Crippen molar-refractivity contribution >= 4 is 22.9 Å². The number of halogens is 1. The van der Waals surface area contributed by atoms with Gasteiger partial charge in [0.1, 0.15) is 0 Å². The van der Waals surface area contributed by atoms with Gasteiger partial charge in [-0.05, 0) is 37.7 Å². The third kappa shape index (κ3) is 3.76. The second-order valence-electron chi connectivity index (χ2n) is 4.72. The summed E-state index contributed by atoms with van der Waals surface area (Å²) in [6.07, 6.45) is 3.67. The minimum absolute atomic E-state index is 0.0383. The molecule has 3 nitrogen and oxygen atoms in total. The van der Waals surface area contributed by atoms with Crippen LogP contribution >= 0.6 is 22.9 Å². The van der Waals surface area contributed by atoms with Crippen LogP contribution in [-0.4, -0.2) is 23.0 Å². The highest BCUT2D eigenvalue weighted by molar-refractivity contribution is 7.16. The summed E-state index contributed by atoms with van der Waals surface area (Å²) in [7, 11) is 2.08. The molecule has 2 N–H and O–H groups in total. The molecule has 5 heteroatoms. The van der Waals surface area contributed by atoms with Gasteiger partial charge in [-0.3, -0.25) is 9.88 Å². The Morgan fingerprint density at radius 3 is 2.74 bits per heavy atom. The van der Waals surface area contributed by atoms with E-state index in [-0.39, 0.29) is 12.1 Å². The molecule has 19 heavy (non-hydrogen) atoms. The summed E-state index contributed by atoms with van der Waals surface area (Å²) in [5.41, 5.74) is 7.32. The first kappa shape index (κ1) is 14.5. The first-order chi connectivity index (χ1) is 9.08. The molecule has 0 bridgehead atoms. The van der Waals surface area contributed by atoms with Gasteiger partial charge in [0.05, 0.1) is 10.4 Å². The quantitative estimate of drug-likeness (QED) is 0.920. The van der Waals surface area contributed by atoms with Crippen LogP contribution in [0.15, 0.2) is 36.7 Å². The molecule has 2 unspecified atom stereocenters. The fraction of sp³-hybridized carbons (Fsp3) is 0.357. The molecule has 0 fully saturated rings. The van der Waals surface area contributed by atoms with E-state index in [1.54, 1.807) is 17.5 Å². The number of thiophene rings is 1. The van der Waals surface area contributed by atoms with Crippen LogP contribution in [0.1, 0.15) is 23.4 Å². The van der Waals surface area contributed by atoms with E-state index in [4.69, 9.17) is 17.3 Å². The monoisotopic (exact) mass is 295 g/mol. The van der Waals surface area contributed by atoms with Crippen molar-refractivity contribution in [2.75, 3.05) is 7.05 Å². The summed E-state index contributed by atoms with van der Waals surface area (Å²) in [5, 5.41) is 0. The minimum atomic E-state index is 0.0383. The summed E-state index contributed by atoms with van der Waals surface area (Å²) in [6, 6.07) is 8.21. The molecule has 0 amide bonds. The Hall–Kier alpha value is -0.940. The van der Waals surface area contributed by atoms with Crippen molar-refractivity contribution in [3.8, 4) is 0 Å². The molecule has 102 valence electrons. The maximum absolute atomic E-state index is 6.14. The topological polar surface area (TPSA) is 42.1 Å². The normalized spacial score (nSPS) is 14.6. The molecule has 2 heterocycles.